The average molecular weight is 277 g/mol. The number of hydrogen-bond donors (Lipinski definition) is 0. The Balaban J connectivity index is 2.15. The Morgan fingerprint density at radius 1 is 0.952 bits per heavy atom. The number of fused-ring (bicyclic) bond motifs is 1. The first-order chi connectivity index (χ1) is 10.0. The molecule has 21 heavy (non-hydrogen) atoms. The second-order valence-electron chi connectivity index (χ2n) is 6.39. The quantitative estimate of drug-likeness (QED) is 0.620. The number of carbonyl (C=O) groups excluding carboxylic acids is 1. The molecule has 0 amide bonds. The molecule has 2 nitrogen and oxygen atoms in total. The highest BCUT2D eigenvalue weighted by atomic mass is 16.1. The average Bonchev–Trinajstić information content (AvgIpc) is 2.85. The third kappa shape index (κ3) is 2.38. The van der Waals surface area contributed by atoms with Gasteiger partial charge < -0.3 is 4.57 Å². The molecule has 0 aliphatic heterocycles. The first kappa shape index (κ1) is 13.6. The van der Waals surface area contributed by atoms with Crippen molar-refractivity contribution in [3.8, 4) is 5.69 Å². The number of aromatic nitrogens is 1. The van der Waals surface area contributed by atoms with E-state index in [0.717, 1.165) is 28.4 Å². The lowest BCUT2D eigenvalue weighted by Crippen LogP contribution is -2.10. The van der Waals surface area contributed by atoms with E-state index in [1.807, 2.05) is 30.5 Å². The van der Waals surface area contributed by atoms with E-state index >= 15 is 0 Å². The van der Waals surface area contributed by atoms with Crippen LogP contribution in [0.25, 0.3) is 16.6 Å². The summed E-state index contributed by atoms with van der Waals surface area (Å²) in [6, 6.07) is 16.5. The lowest BCUT2D eigenvalue weighted by molar-refractivity contribution is 0.112. The molecule has 0 aliphatic rings. The Morgan fingerprint density at radius 3 is 2.24 bits per heavy atom. The van der Waals surface area contributed by atoms with Gasteiger partial charge in [-0.1, -0.05) is 51.1 Å². The molecule has 0 aliphatic carbocycles. The number of rotatable bonds is 2. The molecule has 0 spiro atoms. The van der Waals surface area contributed by atoms with Crippen molar-refractivity contribution in [3.05, 3.63) is 65.9 Å². The fraction of sp³-hybridized carbons (Fsp3) is 0.211. The smallest absolute Gasteiger partial charge is 0.152 e. The zero-order valence-electron chi connectivity index (χ0n) is 12.6. The van der Waals surface area contributed by atoms with Crippen molar-refractivity contribution in [2.75, 3.05) is 0 Å². The van der Waals surface area contributed by atoms with Gasteiger partial charge in [0, 0.05) is 22.8 Å². The molecule has 0 atom stereocenters. The van der Waals surface area contributed by atoms with Crippen LogP contribution in [0.5, 0.6) is 0 Å². The number of benzene rings is 2. The van der Waals surface area contributed by atoms with Gasteiger partial charge in [-0.3, -0.25) is 4.79 Å². The van der Waals surface area contributed by atoms with Crippen LogP contribution in [-0.4, -0.2) is 10.9 Å². The maximum atomic E-state index is 11.2. The SMILES string of the molecule is CC(C)(C)c1ccc(-n2cc(C=O)c3ccccc32)cc1. The lowest BCUT2D eigenvalue weighted by atomic mass is 9.87. The van der Waals surface area contributed by atoms with Gasteiger partial charge in [0.2, 0.25) is 0 Å². The van der Waals surface area contributed by atoms with Crippen molar-refractivity contribution in [1.29, 1.82) is 0 Å². The van der Waals surface area contributed by atoms with Gasteiger partial charge in [0.1, 0.15) is 0 Å². The minimum absolute atomic E-state index is 0.144. The van der Waals surface area contributed by atoms with Crippen molar-refractivity contribution in [2.45, 2.75) is 26.2 Å². The number of carbonyl (C=O) groups is 1. The minimum atomic E-state index is 0.144. The maximum Gasteiger partial charge on any atom is 0.152 e. The Labute approximate surface area is 125 Å². The molecule has 0 fully saturated rings. The third-order valence-electron chi connectivity index (χ3n) is 3.88. The normalized spacial score (nSPS) is 11.8. The van der Waals surface area contributed by atoms with E-state index in [1.165, 1.54) is 5.56 Å². The van der Waals surface area contributed by atoms with Crippen LogP contribution in [0.15, 0.2) is 54.7 Å². The van der Waals surface area contributed by atoms with Gasteiger partial charge in [0.05, 0.1) is 5.52 Å². The fourth-order valence-corrected chi connectivity index (χ4v) is 2.64. The molecule has 0 saturated heterocycles. The molecule has 0 unspecified atom stereocenters. The van der Waals surface area contributed by atoms with Crippen LogP contribution in [0.2, 0.25) is 0 Å². The summed E-state index contributed by atoms with van der Waals surface area (Å²) in [4.78, 5) is 11.2. The number of hydrogen-bond acceptors (Lipinski definition) is 1. The molecule has 3 aromatic rings. The molecule has 0 N–H and O–H groups in total. The summed E-state index contributed by atoms with van der Waals surface area (Å²) < 4.78 is 2.07. The summed E-state index contributed by atoms with van der Waals surface area (Å²) in [7, 11) is 0. The molecular weight excluding hydrogens is 258 g/mol. The predicted octanol–water partition coefficient (Wildman–Crippen LogP) is 4.74. The maximum absolute atomic E-state index is 11.2. The summed E-state index contributed by atoms with van der Waals surface area (Å²) in [5.41, 5.74) is 4.31. The van der Waals surface area contributed by atoms with Crippen molar-refractivity contribution in [1.82, 2.24) is 4.57 Å². The number of para-hydroxylation sites is 1. The highest BCUT2D eigenvalue weighted by Gasteiger charge is 2.14. The van der Waals surface area contributed by atoms with Crippen LogP contribution >= 0.6 is 0 Å². The first-order valence-electron chi connectivity index (χ1n) is 7.17. The Morgan fingerprint density at radius 2 is 1.62 bits per heavy atom. The predicted molar refractivity (Wildman–Crippen MR) is 87.4 cm³/mol. The molecule has 0 saturated carbocycles. The van der Waals surface area contributed by atoms with E-state index < -0.39 is 0 Å². The zero-order valence-corrected chi connectivity index (χ0v) is 12.6. The molecule has 3 rings (SSSR count). The molecule has 0 bridgehead atoms. The molecular formula is C19H19NO. The van der Waals surface area contributed by atoms with Gasteiger partial charge in [-0.15, -0.1) is 0 Å². The molecule has 1 aromatic heterocycles. The summed E-state index contributed by atoms with van der Waals surface area (Å²) in [6.07, 6.45) is 2.83. The standard InChI is InChI=1S/C19H19NO/c1-19(2,3)15-8-10-16(11-9-15)20-12-14(13-21)17-6-4-5-7-18(17)20/h4-13H,1-3H3. The zero-order chi connectivity index (χ0) is 15.0. The Hall–Kier alpha value is -2.35. The monoisotopic (exact) mass is 277 g/mol. The summed E-state index contributed by atoms with van der Waals surface area (Å²) >= 11 is 0. The van der Waals surface area contributed by atoms with Crippen LogP contribution in [0.1, 0.15) is 36.7 Å². The first-order valence-corrected chi connectivity index (χ1v) is 7.17. The van der Waals surface area contributed by atoms with E-state index in [0.29, 0.717) is 0 Å². The van der Waals surface area contributed by atoms with Crippen molar-refractivity contribution in [2.24, 2.45) is 0 Å². The Bertz CT molecular complexity index is 789. The van der Waals surface area contributed by atoms with Gasteiger partial charge >= 0.3 is 0 Å². The van der Waals surface area contributed by atoms with Crippen molar-refractivity contribution in [3.63, 3.8) is 0 Å². The van der Waals surface area contributed by atoms with E-state index in [9.17, 15) is 4.79 Å². The summed E-state index contributed by atoms with van der Waals surface area (Å²) in [5, 5.41) is 0.993. The van der Waals surface area contributed by atoms with E-state index in [1.54, 1.807) is 0 Å². The van der Waals surface area contributed by atoms with Gasteiger partial charge in [-0.25, -0.2) is 0 Å². The highest BCUT2D eigenvalue weighted by Crippen LogP contribution is 2.26. The lowest BCUT2D eigenvalue weighted by Gasteiger charge is -2.19. The van der Waals surface area contributed by atoms with Gasteiger partial charge in [0.15, 0.2) is 6.29 Å². The Kier molecular flexibility index (Phi) is 3.17. The van der Waals surface area contributed by atoms with Crippen LogP contribution in [0.4, 0.5) is 0 Å². The van der Waals surface area contributed by atoms with Crippen molar-refractivity contribution >= 4 is 17.2 Å². The molecule has 106 valence electrons. The van der Waals surface area contributed by atoms with Crippen LogP contribution in [0.3, 0.4) is 0 Å². The van der Waals surface area contributed by atoms with Gasteiger partial charge in [-0.2, -0.15) is 0 Å². The number of nitrogens with zero attached hydrogens (tertiary/aromatic N) is 1. The van der Waals surface area contributed by atoms with Crippen LogP contribution in [0, 0.1) is 0 Å². The second kappa shape index (κ2) is 4.88. The van der Waals surface area contributed by atoms with Crippen molar-refractivity contribution < 1.29 is 4.79 Å². The number of aldehydes is 1. The third-order valence-corrected chi connectivity index (χ3v) is 3.88. The fourth-order valence-electron chi connectivity index (χ4n) is 2.64. The highest BCUT2D eigenvalue weighted by molar-refractivity contribution is 5.98. The summed E-state index contributed by atoms with van der Waals surface area (Å²) in [5.74, 6) is 0. The molecule has 2 aromatic carbocycles. The molecule has 2 heteroatoms. The molecule has 0 radical (unpaired) electrons. The second-order valence-corrected chi connectivity index (χ2v) is 6.39. The van der Waals surface area contributed by atoms with Crippen LogP contribution < -0.4 is 0 Å². The van der Waals surface area contributed by atoms with Crippen LogP contribution in [-0.2, 0) is 5.41 Å². The summed E-state index contributed by atoms with van der Waals surface area (Å²) in [6.45, 7) is 6.62. The van der Waals surface area contributed by atoms with E-state index in [2.05, 4.69) is 49.6 Å². The topological polar surface area (TPSA) is 22.0 Å². The van der Waals surface area contributed by atoms with E-state index in [4.69, 9.17) is 0 Å². The molecule has 1 heterocycles. The largest absolute Gasteiger partial charge is 0.316 e. The van der Waals surface area contributed by atoms with E-state index in [-0.39, 0.29) is 5.41 Å². The van der Waals surface area contributed by atoms with Gasteiger partial charge in [0.25, 0.3) is 0 Å². The minimum Gasteiger partial charge on any atom is -0.316 e. The van der Waals surface area contributed by atoms with Gasteiger partial charge in [-0.05, 0) is 29.2 Å².